The van der Waals surface area contributed by atoms with Crippen LogP contribution >= 0.6 is 0 Å². The molecule has 2 N–H and O–H groups in total. The van der Waals surface area contributed by atoms with Crippen molar-refractivity contribution in [2.45, 2.75) is 52.6 Å². The standard InChI is InChI=1S/C16H27NO/c1-5-6-14-7-9-15(10-8-14)13(4)17-16(11-18)12(2)3/h7-10,12-13,16-18H,5-6,11H2,1-4H3. The quantitative estimate of drug-likeness (QED) is 0.777. The molecule has 0 aromatic heterocycles. The van der Waals surface area contributed by atoms with E-state index in [1.165, 1.54) is 17.5 Å². The van der Waals surface area contributed by atoms with Crippen LogP contribution in [0.3, 0.4) is 0 Å². The average molecular weight is 249 g/mol. The fourth-order valence-corrected chi connectivity index (χ4v) is 2.13. The molecule has 0 aliphatic rings. The number of aliphatic hydroxyl groups excluding tert-OH is 1. The maximum atomic E-state index is 9.34. The highest BCUT2D eigenvalue weighted by molar-refractivity contribution is 5.24. The zero-order valence-corrected chi connectivity index (χ0v) is 12.1. The minimum absolute atomic E-state index is 0.162. The normalized spacial score (nSPS) is 14.8. The number of hydrogen-bond donors (Lipinski definition) is 2. The number of nitrogens with one attached hydrogen (secondary N) is 1. The molecule has 2 atom stereocenters. The van der Waals surface area contributed by atoms with Gasteiger partial charge in [0.25, 0.3) is 0 Å². The summed E-state index contributed by atoms with van der Waals surface area (Å²) in [5, 5.41) is 12.8. The van der Waals surface area contributed by atoms with Crippen molar-refractivity contribution < 1.29 is 5.11 Å². The van der Waals surface area contributed by atoms with Crippen LogP contribution in [0.15, 0.2) is 24.3 Å². The van der Waals surface area contributed by atoms with Crippen molar-refractivity contribution in [3.05, 3.63) is 35.4 Å². The fourth-order valence-electron chi connectivity index (χ4n) is 2.13. The zero-order chi connectivity index (χ0) is 13.5. The Morgan fingerprint density at radius 2 is 1.72 bits per heavy atom. The zero-order valence-electron chi connectivity index (χ0n) is 12.1. The molecule has 0 amide bonds. The van der Waals surface area contributed by atoms with Crippen LogP contribution in [0.5, 0.6) is 0 Å². The van der Waals surface area contributed by atoms with Crippen LogP contribution < -0.4 is 5.32 Å². The fraction of sp³-hybridized carbons (Fsp3) is 0.625. The molecule has 0 heterocycles. The van der Waals surface area contributed by atoms with E-state index >= 15 is 0 Å². The van der Waals surface area contributed by atoms with Crippen molar-refractivity contribution in [1.82, 2.24) is 5.32 Å². The Morgan fingerprint density at radius 1 is 1.11 bits per heavy atom. The summed E-state index contributed by atoms with van der Waals surface area (Å²) >= 11 is 0. The van der Waals surface area contributed by atoms with Crippen molar-refractivity contribution in [1.29, 1.82) is 0 Å². The Morgan fingerprint density at radius 3 is 2.17 bits per heavy atom. The Balaban J connectivity index is 2.63. The molecule has 18 heavy (non-hydrogen) atoms. The third kappa shape index (κ3) is 4.43. The molecule has 0 saturated carbocycles. The summed E-state index contributed by atoms with van der Waals surface area (Å²) in [7, 11) is 0. The van der Waals surface area contributed by atoms with Crippen LogP contribution in [0.1, 0.15) is 51.3 Å². The van der Waals surface area contributed by atoms with Crippen LogP contribution in [-0.4, -0.2) is 17.8 Å². The van der Waals surface area contributed by atoms with E-state index in [1.54, 1.807) is 0 Å². The Hall–Kier alpha value is -0.860. The average Bonchev–Trinajstić information content (AvgIpc) is 2.36. The van der Waals surface area contributed by atoms with E-state index < -0.39 is 0 Å². The number of hydrogen-bond acceptors (Lipinski definition) is 2. The highest BCUT2D eigenvalue weighted by Crippen LogP contribution is 2.16. The summed E-state index contributed by atoms with van der Waals surface area (Å²) in [6, 6.07) is 9.24. The molecule has 0 saturated heterocycles. The molecule has 1 rings (SSSR count). The lowest BCUT2D eigenvalue weighted by Crippen LogP contribution is -2.38. The second kappa shape index (κ2) is 7.55. The molecular formula is C16H27NO. The molecule has 2 heteroatoms. The minimum atomic E-state index is 0.162. The maximum Gasteiger partial charge on any atom is 0.0587 e. The van der Waals surface area contributed by atoms with E-state index in [4.69, 9.17) is 0 Å². The summed E-state index contributed by atoms with van der Waals surface area (Å²) in [5.74, 6) is 0.441. The Bertz CT molecular complexity index is 331. The molecule has 0 fully saturated rings. The molecule has 1 aromatic rings. The first-order valence-corrected chi connectivity index (χ1v) is 7.04. The van der Waals surface area contributed by atoms with Gasteiger partial charge in [-0.2, -0.15) is 0 Å². The van der Waals surface area contributed by atoms with Gasteiger partial charge >= 0.3 is 0 Å². The molecular weight excluding hydrogens is 222 g/mol. The first kappa shape index (κ1) is 15.2. The lowest BCUT2D eigenvalue weighted by Gasteiger charge is -2.25. The lowest BCUT2D eigenvalue weighted by molar-refractivity contribution is 0.201. The predicted octanol–water partition coefficient (Wildman–Crippen LogP) is 3.31. The first-order valence-electron chi connectivity index (χ1n) is 7.04. The van der Waals surface area contributed by atoms with Gasteiger partial charge in [-0.3, -0.25) is 0 Å². The molecule has 0 radical (unpaired) electrons. The van der Waals surface area contributed by atoms with Crippen molar-refractivity contribution in [3.63, 3.8) is 0 Å². The largest absolute Gasteiger partial charge is 0.395 e. The summed E-state index contributed by atoms with van der Waals surface area (Å²) in [5.41, 5.74) is 2.69. The van der Waals surface area contributed by atoms with Gasteiger partial charge in [0.1, 0.15) is 0 Å². The van der Waals surface area contributed by atoms with Gasteiger partial charge in [0.15, 0.2) is 0 Å². The third-order valence-electron chi connectivity index (χ3n) is 3.48. The Labute approximate surface area is 111 Å². The van der Waals surface area contributed by atoms with Crippen LogP contribution in [-0.2, 0) is 6.42 Å². The monoisotopic (exact) mass is 249 g/mol. The van der Waals surface area contributed by atoms with E-state index in [1.807, 2.05) is 0 Å². The van der Waals surface area contributed by atoms with E-state index in [0.717, 1.165) is 6.42 Å². The second-order valence-corrected chi connectivity index (χ2v) is 5.41. The lowest BCUT2D eigenvalue weighted by atomic mass is 10.0. The van der Waals surface area contributed by atoms with E-state index in [0.29, 0.717) is 5.92 Å². The molecule has 102 valence electrons. The van der Waals surface area contributed by atoms with Gasteiger partial charge in [0.2, 0.25) is 0 Å². The van der Waals surface area contributed by atoms with Gasteiger partial charge in [-0.15, -0.1) is 0 Å². The molecule has 0 spiro atoms. The van der Waals surface area contributed by atoms with Crippen molar-refractivity contribution >= 4 is 0 Å². The van der Waals surface area contributed by atoms with Gasteiger partial charge < -0.3 is 10.4 Å². The van der Waals surface area contributed by atoms with Crippen LogP contribution in [0.2, 0.25) is 0 Å². The minimum Gasteiger partial charge on any atom is -0.395 e. The van der Waals surface area contributed by atoms with E-state index in [-0.39, 0.29) is 18.7 Å². The number of aryl methyl sites for hydroxylation is 1. The highest BCUT2D eigenvalue weighted by Gasteiger charge is 2.15. The molecule has 0 bridgehead atoms. The number of rotatable bonds is 7. The molecule has 0 aliphatic carbocycles. The van der Waals surface area contributed by atoms with E-state index in [9.17, 15) is 5.11 Å². The van der Waals surface area contributed by atoms with Crippen LogP contribution in [0.25, 0.3) is 0 Å². The maximum absolute atomic E-state index is 9.34. The summed E-state index contributed by atoms with van der Waals surface area (Å²) in [4.78, 5) is 0. The summed E-state index contributed by atoms with van der Waals surface area (Å²) < 4.78 is 0. The topological polar surface area (TPSA) is 32.3 Å². The van der Waals surface area contributed by atoms with Gasteiger partial charge in [0, 0.05) is 12.1 Å². The summed E-state index contributed by atoms with van der Waals surface area (Å²) in [6.45, 7) is 8.80. The van der Waals surface area contributed by atoms with Crippen molar-refractivity contribution in [2.75, 3.05) is 6.61 Å². The molecule has 0 aliphatic heterocycles. The third-order valence-corrected chi connectivity index (χ3v) is 3.48. The number of benzene rings is 1. The SMILES string of the molecule is CCCc1ccc(C(C)NC(CO)C(C)C)cc1. The van der Waals surface area contributed by atoms with Gasteiger partial charge in [-0.05, 0) is 30.4 Å². The Kier molecular flexibility index (Phi) is 6.37. The van der Waals surface area contributed by atoms with Gasteiger partial charge in [-0.25, -0.2) is 0 Å². The number of aliphatic hydroxyl groups is 1. The molecule has 2 unspecified atom stereocenters. The molecule has 1 aromatic carbocycles. The van der Waals surface area contributed by atoms with E-state index in [2.05, 4.69) is 57.3 Å². The summed E-state index contributed by atoms with van der Waals surface area (Å²) in [6.07, 6.45) is 2.33. The van der Waals surface area contributed by atoms with Gasteiger partial charge in [-0.1, -0.05) is 51.5 Å². The van der Waals surface area contributed by atoms with Crippen LogP contribution in [0.4, 0.5) is 0 Å². The second-order valence-electron chi connectivity index (χ2n) is 5.41. The highest BCUT2D eigenvalue weighted by atomic mass is 16.3. The van der Waals surface area contributed by atoms with Gasteiger partial charge in [0.05, 0.1) is 6.61 Å². The smallest absolute Gasteiger partial charge is 0.0587 e. The predicted molar refractivity (Wildman–Crippen MR) is 77.7 cm³/mol. The molecule has 2 nitrogen and oxygen atoms in total. The van der Waals surface area contributed by atoms with Crippen molar-refractivity contribution in [3.8, 4) is 0 Å². The first-order chi connectivity index (χ1) is 8.58. The van der Waals surface area contributed by atoms with Crippen molar-refractivity contribution in [2.24, 2.45) is 5.92 Å². The van der Waals surface area contributed by atoms with Crippen LogP contribution in [0, 0.1) is 5.92 Å².